The van der Waals surface area contributed by atoms with E-state index in [1.165, 1.54) is 44.6 Å². The van der Waals surface area contributed by atoms with Crippen LogP contribution in [0.5, 0.6) is 17.2 Å². The molecule has 8 heteroatoms. The predicted octanol–water partition coefficient (Wildman–Crippen LogP) is 5.62. The third-order valence-corrected chi connectivity index (χ3v) is 4.91. The normalized spacial score (nSPS) is 10.8. The maximum Gasteiger partial charge on any atom is 0.266 e. The molecule has 3 aromatic carbocycles. The molecule has 0 radical (unpaired) electrons. The van der Waals surface area contributed by atoms with Gasteiger partial charge in [0.2, 0.25) is 0 Å². The Hall–Kier alpha value is -4.02. The first kappa shape index (κ1) is 23.6. The quantitative estimate of drug-likeness (QED) is 0.344. The van der Waals surface area contributed by atoms with Crippen LogP contribution in [0.15, 0.2) is 66.2 Å². The van der Waals surface area contributed by atoms with E-state index >= 15 is 0 Å². The zero-order valence-electron chi connectivity index (χ0n) is 17.9. The van der Waals surface area contributed by atoms with Crippen LogP contribution in [0.1, 0.15) is 11.1 Å². The second kappa shape index (κ2) is 11.0. The van der Waals surface area contributed by atoms with Crippen LogP contribution in [0.3, 0.4) is 0 Å². The Balaban J connectivity index is 1.83. The monoisotopic (exact) mass is 466 g/mol. The lowest BCUT2D eigenvalue weighted by atomic mass is 10.1. The minimum atomic E-state index is -0.645. The smallest absolute Gasteiger partial charge is 0.266 e. The van der Waals surface area contributed by atoms with Crippen LogP contribution < -0.4 is 19.5 Å². The SMILES string of the molecule is COc1cc(NC(=O)/C(C#N)=C/c2ccccc2OCc2ccc(F)cc2)c(OC)cc1Cl. The maximum atomic E-state index is 13.1. The largest absolute Gasteiger partial charge is 0.495 e. The number of para-hydroxylation sites is 1. The highest BCUT2D eigenvalue weighted by Crippen LogP contribution is 2.36. The topological polar surface area (TPSA) is 80.6 Å². The Kier molecular flexibility index (Phi) is 7.90. The number of ether oxygens (including phenoxy) is 3. The van der Waals surface area contributed by atoms with E-state index in [4.69, 9.17) is 25.8 Å². The number of nitrogens with one attached hydrogen (secondary N) is 1. The number of benzene rings is 3. The number of halogens is 2. The summed E-state index contributed by atoms with van der Waals surface area (Å²) in [6.07, 6.45) is 1.43. The van der Waals surface area contributed by atoms with Gasteiger partial charge in [-0.3, -0.25) is 4.79 Å². The average Bonchev–Trinajstić information content (AvgIpc) is 2.83. The molecule has 6 nitrogen and oxygen atoms in total. The summed E-state index contributed by atoms with van der Waals surface area (Å²) in [6, 6.07) is 17.8. The molecule has 0 bridgehead atoms. The zero-order chi connectivity index (χ0) is 23.8. The van der Waals surface area contributed by atoms with E-state index in [1.54, 1.807) is 36.4 Å². The van der Waals surface area contributed by atoms with Crippen LogP contribution in [0.4, 0.5) is 10.1 Å². The molecule has 0 aromatic heterocycles. The first-order valence-corrected chi connectivity index (χ1v) is 10.1. The van der Waals surface area contributed by atoms with E-state index in [1.807, 2.05) is 6.07 Å². The van der Waals surface area contributed by atoms with E-state index in [0.29, 0.717) is 33.5 Å². The summed E-state index contributed by atoms with van der Waals surface area (Å²) in [5.41, 5.74) is 1.46. The van der Waals surface area contributed by atoms with Crippen molar-refractivity contribution in [3.05, 3.63) is 88.2 Å². The van der Waals surface area contributed by atoms with Gasteiger partial charge in [0.15, 0.2) is 0 Å². The van der Waals surface area contributed by atoms with Crippen LogP contribution in [-0.4, -0.2) is 20.1 Å². The lowest BCUT2D eigenvalue weighted by Crippen LogP contribution is -2.14. The molecule has 168 valence electrons. The van der Waals surface area contributed by atoms with Gasteiger partial charge in [0.25, 0.3) is 5.91 Å². The summed E-state index contributed by atoms with van der Waals surface area (Å²) in [4.78, 5) is 12.8. The molecule has 0 aliphatic carbocycles. The highest BCUT2D eigenvalue weighted by atomic mass is 35.5. The molecule has 0 fully saturated rings. The van der Waals surface area contributed by atoms with Gasteiger partial charge in [-0.25, -0.2) is 4.39 Å². The molecule has 33 heavy (non-hydrogen) atoms. The lowest BCUT2D eigenvalue weighted by molar-refractivity contribution is -0.112. The van der Waals surface area contributed by atoms with Crippen LogP contribution in [0.25, 0.3) is 6.08 Å². The van der Waals surface area contributed by atoms with Crippen molar-refractivity contribution in [2.45, 2.75) is 6.61 Å². The van der Waals surface area contributed by atoms with Gasteiger partial charge in [-0.15, -0.1) is 0 Å². The van der Waals surface area contributed by atoms with Gasteiger partial charge < -0.3 is 19.5 Å². The van der Waals surface area contributed by atoms with Crippen molar-refractivity contribution in [3.8, 4) is 23.3 Å². The molecule has 0 saturated heterocycles. The van der Waals surface area contributed by atoms with E-state index in [-0.39, 0.29) is 18.0 Å². The van der Waals surface area contributed by atoms with Gasteiger partial charge in [-0.05, 0) is 29.8 Å². The Labute approximate surface area is 195 Å². The second-order valence-electron chi connectivity index (χ2n) is 6.76. The number of anilines is 1. The highest BCUT2D eigenvalue weighted by Gasteiger charge is 2.16. The molecule has 3 rings (SSSR count). The van der Waals surface area contributed by atoms with Crippen molar-refractivity contribution in [3.63, 3.8) is 0 Å². The molecule has 0 unspecified atom stereocenters. The van der Waals surface area contributed by atoms with Gasteiger partial charge in [0.1, 0.15) is 41.3 Å². The number of hydrogen-bond donors (Lipinski definition) is 1. The third-order valence-electron chi connectivity index (χ3n) is 4.61. The van der Waals surface area contributed by atoms with Gasteiger partial charge in [0.05, 0.1) is 24.9 Å². The Morgan fingerprint density at radius 1 is 1.06 bits per heavy atom. The molecule has 0 aliphatic heterocycles. The highest BCUT2D eigenvalue weighted by molar-refractivity contribution is 6.32. The second-order valence-corrected chi connectivity index (χ2v) is 7.17. The molecule has 0 spiro atoms. The summed E-state index contributed by atoms with van der Waals surface area (Å²) < 4.78 is 29.4. The Morgan fingerprint density at radius 2 is 1.76 bits per heavy atom. The molecule has 0 aliphatic rings. The number of nitrogens with zero attached hydrogens (tertiary/aromatic N) is 1. The van der Waals surface area contributed by atoms with Crippen molar-refractivity contribution >= 4 is 29.3 Å². The summed E-state index contributed by atoms with van der Waals surface area (Å²) in [5.74, 6) is 0.146. The fourth-order valence-electron chi connectivity index (χ4n) is 2.92. The van der Waals surface area contributed by atoms with Gasteiger partial charge in [0, 0.05) is 17.7 Å². The molecule has 0 saturated carbocycles. The molecular formula is C25H20ClFN2O4. The van der Waals surface area contributed by atoms with Crippen LogP contribution >= 0.6 is 11.6 Å². The zero-order valence-corrected chi connectivity index (χ0v) is 18.7. The summed E-state index contributed by atoms with van der Waals surface area (Å²) >= 11 is 6.10. The standard InChI is InChI=1S/C25H20ClFN2O4/c1-31-23-13-21(24(32-2)12-20(23)26)29-25(30)18(14-28)11-17-5-3-4-6-22(17)33-15-16-7-9-19(27)10-8-16/h3-13H,15H2,1-2H3,(H,29,30)/b18-11+. The van der Waals surface area contributed by atoms with Gasteiger partial charge >= 0.3 is 0 Å². The third kappa shape index (κ3) is 6.03. The number of methoxy groups -OCH3 is 2. The summed E-state index contributed by atoms with van der Waals surface area (Å²) in [5, 5.41) is 12.6. The summed E-state index contributed by atoms with van der Waals surface area (Å²) in [6.45, 7) is 0.195. The molecule has 3 aromatic rings. The van der Waals surface area contributed by atoms with E-state index in [9.17, 15) is 14.4 Å². The predicted molar refractivity (Wildman–Crippen MR) is 124 cm³/mol. The minimum Gasteiger partial charge on any atom is -0.495 e. The fraction of sp³-hybridized carbons (Fsp3) is 0.120. The fourth-order valence-corrected chi connectivity index (χ4v) is 3.16. The summed E-state index contributed by atoms with van der Waals surface area (Å²) in [7, 11) is 2.88. The van der Waals surface area contributed by atoms with E-state index < -0.39 is 5.91 Å². The average molecular weight is 467 g/mol. The molecule has 1 amide bonds. The Bertz CT molecular complexity index is 1220. The van der Waals surface area contributed by atoms with Crippen LogP contribution in [-0.2, 0) is 11.4 Å². The van der Waals surface area contributed by atoms with Crippen LogP contribution in [0, 0.1) is 17.1 Å². The Morgan fingerprint density at radius 3 is 2.42 bits per heavy atom. The van der Waals surface area contributed by atoms with Gasteiger partial charge in [-0.2, -0.15) is 5.26 Å². The minimum absolute atomic E-state index is 0.149. The number of nitriles is 1. The maximum absolute atomic E-state index is 13.1. The number of carbonyl (C=O) groups excluding carboxylic acids is 1. The van der Waals surface area contributed by atoms with Crippen molar-refractivity contribution < 1.29 is 23.4 Å². The molecule has 0 atom stereocenters. The first-order chi connectivity index (χ1) is 15.9. The number of carbonyl (C=O) groups is 1. The number of hydrogen-bond acceptors (Lipinski definition) is 5. The van der Waals surface area contributed by atoms with Crippen molar-refractivity contribution in [2.75, 3.05) is 19.5 Å². The molecule has 1 N–H and O–H groups in total. The van der Waals surface area contributed by atoms with Crippen molar-refractivity contribution in [1.82, 2.24) is 0 Å². The lowest BCUT2D eigenvalue weighted by Gasteiger charge is -2.13. The van der Waals surface area contributed by atoms with Gasteiger partial charge in [-0.1, -0.05) is 41.9 Å². The van der Waals surface area contributed by atoms with E-state index in [2.05, 4.69) is 5.32 Å². The molecule has 0 heterocycles. The number of rotatable bonds is 8. The molecular weight excluding hydrogens is 447 g/mol. The van der Waals surface area contributed by atoms with Crippen LogP contribution in [0.2, 0.25) is 5.02 Å². The van der Waals surface area contributed by atoms with Crippen molar-refractivity contribution in [1.29, 1.82) is 5.26 Å². The first-order valence-electron chi connectivity index (χ1n) is 9.76. The van der Waals surface area contributed by atoms with E-state index in [0.717, 1.165) is 5.56 Å². The number of amides is 1. The van der Waals surface area contributed by atoms with Crippen molar-refractivity contribution in [2.24, 2.45) is 0 Å².